The molecule has 0 spiro atoms. The van der Waals surface area contributed by atoms with Gasteiger partial charge in [0.05, 0.1) is 18.1 Å². The summed E-state index contributed by atoms with van der Waals surface area (Å²) in [4.78, 5) is 28.9. The molecule has 156 valence electrons. The Morgan fingerprint density at radius 2 is 2.06 bits per heavy atom. The summed E-state index contributed by atoms with van der Waals surface area (Å²) >= 11 is 0. The molecule has 3 aromatic rings. The van der Waals surface area contributed by atoms with E-state index in [2.05, 4.69) is 10.3 Å². The number of carbonyl (C=O) groups excluding carboxylic acids is 1. The lowest BCUT2D eigenvalue weighted by atomic mass is 9.93. The van der Waals surface area contributed by atoms with E-state index in [1.807, 2.05) is 43.3 Å². The van der Waals surface area contributed by atoms with Crippen molar-refractivity contribution in [2.75, 3.05) is 11.9 Å². The second kappa shape index (κ2) is 8.44. The van der Waals surface area contributed by atoms with Crippen LogP contribution in [0.5, 0.6) is 5.75 Å². The number of carbonyl (C=O) groups is 1. The minimum Gasteiger partial charge on any atom is -0.491 e. The molecule has 2 aromatic heterocycles. The standard InChI is InChI=1S/C24H22N4O3/c1-2-28-15-19(9-11-22(28)29)31-16-24(18-6-4-3-5-7-18)12-20(24)23(30)27-21-10-8-17(13-25)14-26-21/h3-11,14-15,20H,2,12,16H2,1H3,(H,26,27,30). The van der Waals surface area contributed by atoms with Crippen LogP contribution in [0, 0.1) is 17.2 Å². The van der Waals surface area contributed by atoms with E-state index in [1.54, 1.807) is 29.0 Å². The summed E-state index contributed by atoms with van der Waals surface area (Å²) in [7, 11) is 0. The molecule has 2 unspecified atom stereocenters. The fraction of sp³-hybridized carbons (Fsp3) is 0.250. The molecular formula is C24H22N4O3. The Kier molecular flexibility index (Phi) is 5.54. The molecule has 31 heavy (non-hydrogen) atoms. The SMILES string of the molecule is CCn1cc(OCC2(c3ccccc3)CC2C(=O)Nc2ccc(C#N)cn2)ccc1=O. The first-order chi connectivity index (χ1) is 15.1. The summed E-state index contributed by atoms with van der Waals surface area (Å²) in [6.07, 6.45) is 3.77. The summed E-state index contributed by atoms with van der Waals surface area (Å²) in [5.41, 5.74) is 0.938. The minimum atomic E-state index is -0.453. The van der Waals surface area contributed by atoms with Gasteiger partial charge in [-0.05, 0) is 37.1 Å². The molecule has 1 saturated carbocycles. The predicted molar refractivity (Wildman–Crippen MR) is 116 cm³/mol. The summed E-state index contributed by atoms with van der Waals surface area (Å²) in [6.45, 7) is 2.77. The van der Waals surface area contributed by atoms with Crippen LogP contribution in [-0.4, -0.2) is 22.1 Å². The van der Waals surface area contributed by atoms with Gasteiger partial charge < -0.3 is 14.6 Å². The molecule has 0 bridgehead atoms. The second-order valence-corrected chi connectivity index (χ2v) is 7.59. The zero-order chi connectivity index (χ0) is 21.8. The van der Waals surface area contributed by atoms with E-state index in [0.29, 0.717) is 36.7 Å². The van der Waals surface area contributed by atoms with E-state index in [1.165, 1.54) is 12.3 Å². The highest BCUT2D eigenvalue weighted by Gasteiger charge is 2.60. The van der Waals surface area contributed by atoms with Crippen molar-refractivity contribution < 1.29 is 9.53 Å². The number of hydrogen-bond acceptors (Lipinski definition) is 5. The number of amides is 1. The van der Waals surface area contributed by atoms with Crippen molar-refractivity contribution in [3.8, 4) is 11.8 Å². The lowest BCUT2D eigenvalue weighted by molar-refractivity contribution is -0.117. The third-order valence-electron chi connectivity index (χ3n) is 5.68. The van der Waals surface area contributed by atoms with Crippen molar-refractivity contribution >= 4 is 11.7 Å². The van der Waals surface area contributed by atoms with Crippen LogP contribution in [0.4, 0.5) is 5.82 Å². The number of aryl methyl sites for hydroxylation is 1. The number of benzene rings is 1. The van der Waals surface area contributed by atoms with Gasteiger partial charge in [-0.1, -0.05) is 30.3 Å². The largest absolute Gasteiger partial charge is 0.491 e. The number of nitriles is 1. The number of rotatable bonds is 7. The maximum atomic E-state index is 13.0. The van der Waals surface area contributed by atoms with Crippen molar-refractivity contribution in [1.29, 1.82) is 5.26 Å². The number of aromatic nitrogens is 2. The lowest BCUT2D eigenvalue weighted by Crippen LogP contribution is -2.27. The van der Waals surface area contributed by atoms with Gasteiger partial charge in [-0.3, -0.25) is 9.59 Å². The number of nitrogens with zero attached hydrogens (tertiary/aromatic N) is 3. The first-order valence-corrected chi connectivity index (χ1v) is 10.1. The molecule has 2 heterocycles. The average Bonchev–Trinajstić information content (AvgIpc) is 3.56. The molecule has 7 nitrogen and oxygen atoms in total. The van der Waals surface area contributed by atoms with Crippen molar-refractivity contribution in [1.82, 2.24) is 9.55 Å². The van der Waals surface area contributed by atoms with Gasteiger partial charge in [0.25, 0.3) is 5.56 Å². The molecule has 4 rings (SSSR count). The van der Waals surface area contributed by atoms with Gasteiger partial charge in [0.2, 0.25) is 5.91 Å². The third-order valence-corrected chi connectivity index (χ3v) is 5.68. The second-order valence-electron chi connectivity index (χ2n) is 7.59. The first-order valence-electron chi connectivity index (χ1n) is 10.1. The van der Waals surface area contributed by atoms with E-state index in [0.717, 1.165) is 5.56 Å². The molecule has 1 amide bonds. The van der Waals surface area contributed by atoms with E-state index in [-0.39, 0.29) is 17.4 Å². The van der Waals surface area contributed by atoms with Crippen LogP contribution < -0.4 is 15.6 Å². The highest BCUT2D eigenvalue weighted by molar-refractivity contribution is 5.95. The highest BCUT2D eigenvalue weighted by Crippen LogP contribution is 2.55. The van der Waals surface area contributed by atoms with Crippen molar-refractivity contribution in [2.24, 2.45) is 5.92 Å². The smallest absolute Gasteiger partial charge is 0.250 e. The van der Waals surface area contributed by atoms with E-state index in [9.17, 15) is 9.59 Å². The number of nitrogens with one attached hydrogen (secondary N) is 1. The van der Waals surface area contributed by atoms with Crippen molar-refractivity contribution in [3.63, 3.8) is 0 Å². The summed E-state index contributed by atoms with van der Waals surface area (Å²) < 4.78 is 7.64. The van der Waals surface area contributed by atoms with Gasteiger partial charge in [-0.15, -0.1) is 0 Å². The van der Waals surface area contributed by atoms with Gasteiger partial charge in [-0.25, -0.2) is 4.98 Å². The van der Waals surface area contributed by atoms with E-state index < -0.39 is 5.41 Å². The van der Waals surface area contributed by atoms with Crippen LogP contribution in [0.15, 0.2) is 71.8 Å². The molecule has 0 radical (unpaired) electrons. The Bertz CT molecular complexity index is 1180. The van der Waals surface area contributed by atoms with Crippen LogP contribution in [0.2, 0.25) is 0 Å². The third kappa shape index (κ3) is 4.19. The topological polar surface area (TPSA) is 97.0 Å². The van der Waals surface area contributed by atoms with Gasteiger partial charge in [0, 0.05) is 30.4 Å². The Balaban J connectivity index is 1.52. The zero-order valence-corrected chi connectivity index (χ0v) is 17.1. The number of pyridine rings is 2. The number of anilines is 1. The minimum absolute atomic E-state index is 0.0776. The fourth-order valence-electron chi connectivity index (χ4n) is 3.78. The van der Waals surface area contributed by atoms with Crippen molar-refractivity contribution in [3.05, 3.63) is 88.5 Å². The predicted octanol–water partition coefficient (Wildman–Crippen LogP) is 3.11. The van der Waals surface area contributed by atoms with Crippen molar-refractivity contribution in [2.45, 2.75) is 25.3 Å². The van der Waals surface area contributed by atoms with Crippen LogP contribution in [0.25, 0.3) is 0 Å². The molecule has 0 aliphatic heterocycles. The van der Waals surface area contributed by atoms with Gasteiger partial charge in [-0.2, -0.15) is 5.26 Å². The van der Waals surface area contributed by atoms with Gasteiger partial charge in [0.1, 0.15) is 17.6 Å². The van der Waals surface area contributed by atoms with Crippen LogP contribution in [0.1, 0.15) is 24.5 Å². The number of hydrogen-bond donors (Lipinski definition) is 1. The van der Waals surface area contributed by atoms with E-state index in [4.69, 9.17) is 10.00 Å². The monoisotopic (exact) mass is 414 g/mol. The Morgan fingerprint density at radius 1 is 1.26 bits per heavy atom. The quantitative estimate of drug-likeness (QED) is 0.641. The lowest BCUT2D eigenvalue weighted by Gasteiger charge is -2.19. The molecule has 1 aliphatic carbocycles. The molecule has 1 aliphatic rings. The Labute approximate surface area is 179 Å². The molecule has 1 N–H and O–H groups in total. The van der Waals surface area contributed by atoms with Crippen LogP contribution in [-0.2, 0) is 16.8 Å². The Hall–Kier alpha value is -3.92. The summed E-state index contributed by atoms with van der Waals surface area (Å²) in [5.74, 6) is 0.595. The van der Waals surface area contributed by atoms with Crippen LogP contribution >= 0.6 is 0 Å². The first kappa shape index (κ1) is 20.4. The maximum absolute atomic E-state index is 13.0. The average molecular weight is 414 g/mol. The van der Waals surface area contributed by atoms with Gasteiger partial charge >= 0.3 is 0 Å². The van der Waals surface area contributed by atoms with E-state index >= 15 is 0 Å². The highest BCUT2D eigenvalue weighted by atomic mass is 16.5. The molecule has 1 aromatic carbocycles. The zero-order valence-electron chi connectivity index (χ0n) is 17.1. The Morgan fingerprint density at radius 3 is 2.74 bits per heavy atom. The summed E-state index contributed by atoms with van der Waals surface area (Å²) in [6, 6.07) is 18.2. The molecule has 1 fully saturated rings. The molecule has 2 atom stereocenters. The normalized spacial score (nSPS) is 19.3. The maximum Gasteiger partial charge on any atom is 0.250 e. The molecular weight excluding hydrogens is 392 g/mol. The number of ether oxygens (including phenoxy) is 1. The van der Waals surface area contributed by atoms with Gasteiger partial charge in [0.15, 0.2) is 0 Å². The summed E-state index contributed by atoms with van der Waals surface area (Å²) in [5, 5.41) is 11.7. The fourth-order valence-corrected chi connectivity index (χ4v) is 3.78. The molecule has 0 saturated heterocycles. The van der Waals surface area contributed by atoms with Crippen LogP contribution in [0.3, 0.4) is 0 Å². The molecule has 7 heteroatoms.